The van der Waals surface area contributed by atoms with Crippen molar-refractivity contribution in [3.05, 3.63) is 34.4 Å². The molecular weight excluding hydrogens is 226 g/mol. The maximum atomic E-state index is 12.5. The molecule has 0 spiro atoms. The highest BCUT2D eigenvalue weighted by atomic mass is 16.3. The number of benzene rings is 1. The fourth-order valence-corrected chi connectivity index (χ4v) is 2.34. The maximum absolute atomic E-state index is 12.5. The first-order valence-electron chi connectivity index (χ1n) is 6.49. The summed E-state index contributed by atoms with van der Waals surface area (Å²) in [6.45, 7) is 9.37. The van der Waals surface area contributed by atoms with Crippen LogP contribution in [0.3, 0.4) is 0 Å². The van der Waals surface area contributed by atoms with Crippen LogP contribution in [0.15, 0.2) is 12.1 Å². The van der Waals surface area contributed by atoms with E-state index in [9.17, 15) is 4.79 Å². The number of carbonyl (C=O) groups is 1. The Bertz CT molecular complexity index is 403. The minimum absolute atomic E-state index is 0.0703. The molecule has 0 saturated heterocycles. The summed E-state index contributed by atoms with van der Waals surface area (Å²) in [5, 5.41) is 8.87. The Morgan fingerprint density at radius 1 is 1.22 bits per heavy atom. The molecule has 0 heterocycles. The molecule has 100 valence electrons. The highest BCUT2D eigenvalue weighted by molar-refractivity contribution is 5.97. The van der Waals surface area contributed by atoms with Crippen LogP contribution in [-0.4, -0.2) is 35.6 Å². The van der Waals surface area contributed by atoms with Crippen LogP contribution in [0.2, 0.25) is 0 Å². The molecule has 0 saturated carbocycles. The third kappa shape index (κ3) is 3.33. The molecule has 3 heteroatoms. The average molecular weight is 249 g/mol. The lowest BCUT2D eigenvalue weighted by molar-refractivity contribution is 0.0753. The SMILES string of the molecule is CCN(CCCO)C(=O)c1c(C)cc(C)cc1C. The fourth-order valence-electron chi connectivity index (χ4n) is 2.34. The second kappa shape index (κ2) is 6.55. The largest absolute Gasteiger partial charge is 0.396 e. The van der Waals surface area contributed by atoms with Gasteiger partial charge >= 0.3 is 0 Å². The molecule has 1 aromatic carbocycles. The average Bonchev–Trinajstić information content (AvgIpc) is 2.28. The molecule has 1 amide bonds. The van der Waals surface area contributed by atoms with Crippen molar-refractivity contribution in [3.63, 3.8) is 0 Å². The van der Waals surface area contributed by atoms with Crippen LogP contribution in [0.4, 0.5) is 0 Å². The lowest BCUT2D eigenvalue weighted by Crippen LogP contribution is -2.33. The first-order chi connectivity index (χ1) is 8.51. The number of aryl methyl sites for hydroxylation is 3. The zero-order valence-electron chi connectivity index (χ0n) is 11.8. The summed E-state index contributed by atoms with van der Waals surface area (Å²) in [6, 6.07) is 4.08. The Hall–Kier alpha value is -1.35. The van der Waals surface area contributed by atoms with Gasteiger partial charge in [-0.1, -0.05) is 17.7 Å². The van der Waals surface area contributed by atoms with E-state index < -0.39 is 0 Å². The monoisotopic (exact) mass is 249 g/mol. The van der Waals surface area contributed by atoms with E-state index in [0.29, 0.717) is 19.5 Å². The molecule has 0 aliphatic rings. The molecule has 3 nitrogen and oxygen atoms in total. The van der Waals surface area contributed by atoms with Crippen molar-refractivity contribution in [2.45, 2.75) is 34.1 Å². The van der Waals surface area contributed by atoms with Gasteiger partial charge in [0.1, 0.15) is 0 Å². The van der Waals surface area contributed by atoms with Gasteiger partial charge in [-0.15, -0.1) is 0 Å². The van der Waals surface area contributed by atoms with Gasteiger partial charge in [-0.05, 0) is 45.2 Å². The fraction of sp³-hybridized carbons (Fsp3) is 0.533. The van der Waals surface area contributed by atoms with Crippen molar-refractivity contribution in [2.75, 3.05) is 19.7 Å². The zero-order valence-corrected chi connectivity index (χ0v) is 11.8. The van der Waals surface area contributed by atoms with E-state index in [2.05, 4.69) is 0 Å². The number of hydrogen-bond acceptors (Lipinski definition) is 2. The Morgan fingerprint density at radius 2 is 1.78 bits per heavy atom. The van der Waals surface area contributed by atoms with Crippen molar-refractivity contribution in [2.24, 2.45) is 0 Å². The molecule has 0 fully saturated rings. The molecule has 0 atom stereocenters. The third-order valence-electron chi connectivity index (χ3n) is 3.15. The van der Waals surface area contributed by atoms with E-state index in [1.807, 2.05) is 39.8 Å². The zero-order chi connectivity index (χ0) is 13.7. The van der Waals surface area contributed by atoms with E-state index in [-0.39, 0.29) is 12.5 Å². The van der Waals surface area contributed by atoms with Crippen molar-refractivity contribution >= 4 is 5.91 Å². The maximum Gasteiger partial charge on any atom is 0.254 e. The van der Waals surface area contributed by atoms with Gasteiger partial charge < -0.3 is 10.0 Å². The standard InChI is InChI=1S/C15H23NO2/c1-5-16(7-6-8-17)15(18)14-12(3)9-11(2)10-13(14)4/h9-10,17H,5-8H2,1-4H3. The van der Waals surface area contributed by atoms with E-state index in [0.717, 1.165) is 16.7 Å². The van der Waals surface area contributed by atoms with Crippen molar-refractivity contribution in [1.82, 2.24) is 4.90 Å². The van der Waals surface area contributed by atoms with Crippen LogP contribution in [0, 0.1) is 20.8 Å². The first-order valence-corrected chi connectivity index (χ1v) is 6.49. The van der Waals surface area contributed by atoms with Gasteiger partial charge in [-0.3, -0.25) is 4.79 Å². The van der Waals surface area contributed by atoms with E-state index in [4.69, 9.17) is 5.11 Å². The van der Waals surface area contributed by atoms with Crippen LogP contribution in [0.1, 0.15) is 40.4 Å². The summed E-state index contributed by atoms with van der Waals surface area (Å²) >= 11 is 0. The summed E-state index contributed by atoms with van der Waals surface area (Å²) in [5.74, 6) is 0.0703. The molecule has 0 aliphatic carbocycles. The summed E-state index contributed by atoms with van der Waals surface area (Å²) < 4.78 is 0. The van der Waals surface area contributed by atoms with Crippen LogP contribution < -0.4 is 0 Å². The lowest BCUT2D eigenvalue weighted by atomic mass is 9.98. The second-order valence-electron chi connectivity index (χ2n) is 4.74. The lowest BCUT2D eigenvalue weighted by Gasteiger charge is -2.22. The predicted molar refractivity (Wildman–Crippen MR) is 73.9 cm³/mol. The van der Waals surface area contributed by atoms with Crippen molar-refractivity contribution in [3.8, 4) is 0 Å². The number of hydrogen-bond donors (Lipinski definition) is 1. The Morgan fingerprint density at radius 3 is 2.22 bits per heavy atom. The number of aliphatic hydroxyl groups excluding tert-OH is 1. The van der Waals surface area contributed by atoms with E-state index in [1.165, 1.54) is 5.56 Å². The minimum Gasteiger partial charge on any atom is -0.396 e. The molecule has 18 heavy (non-hydrogen) atoms. The second-order valence-corrected chi connectivity index (χ2v) is 4.74. The van der Waals surface area contributed by atoms with Gasteiger partial charge in [0.15, 0.2) is 0 Å². The summed E-state index contributed by atoms with van der Waals surface area (Å²) in [5.41, 5.74) is 4.04. The normalized spacial score (nSPS) is 10.5. The number of aliphatic hydroxyl groups is 1. The summed E-state index contributed by atoms with van der Waals surface area (Å²) in [7, 11) is 0. The molecular formula is C15H23NO2. The van der Waals surface area contributed by atoms with Crippen molar-refractivity contribution < 1.29 is 9.90 Å². The number of nitrogens with zero attached hydrogens (tertiary/aromatic N) is 1. The molecule has 0 unspecified atom stereocenters. The van der Waals surface area contributed by atoms with E-state index in [1.54, 1.807) is 4.90 Å². The molecule has 0 bridgehead atoms. The van der Waals surface area contributed by atoms with Gasteiger partial charge in [-0.25, -0.2) is 0 Å². The predicted octanol–water partition coefficient (Wildman–Crippen LogP) is 2.46. The molecule has 1 rings (SSSR count). The third-order valence-corrected chi connectivity index (χ3v) is 3.15. The van der Waals surface area contributed by atoms with Crippen LogP contribution in [-0.2, 0) is 0 Å². The highest BCUT2D eigenvalue weighted by Gasteiger charge is 2.18. The van der Waals surface area contributed by atoms with Gasteiger partial charge in [-0.2, -0.15) is 0 Å². The van der Waals surface area contributed by atoms with E-state index >= 15 is 0 Å². The van der Waals surface area contributed by atoms with Crippen LogP contribution in [0.5, 0.6) is 0 Å². The smallest absolute Gasteiger partial charge is 0.254 e. The topological polar surface area (TPSA) is 40.5 Å². The van der Waals surface area contributed by atoms with Gasteiger partial charge in [0.05, 0.1) is 0 Å². The molecule has 0 aromatic heterocycles. The van der Waals surface area contributed by atoms with Crippen LogP contribution >= 0.6 is 0 Å². The summed E-state index contributed by atoms with van der Waals surface area (Å²) in [6.07, 6.45) is 0.629. The Balaban J connectivity index is 3.01. The van der Waals surface area contributed by atoms with Gasteiger partial charge in [0, 0.05) is 25.3 Å². The number of carbonyl (C=O) groups excluding carboxylic acids is 1. The minimum atomic E-state index is 0.0703. The molecule has 1 aromatic rings. The quantitative estimate of drug-likeness (QED) is 0.870. The molecule has 1 N–H and O–H groups in total. The molecule has 0 aliphatic heterocycles. The number of amides is 1. The van der Waals surface area contributed by atoms with Crippen molar-refractivity contribution in [1.29, 1.82) is 0 Å². The molecule has 0 radical (unpaired) electrons. The van der Waals surface area contributed by atoms with Gasteiger partial charge in [0.2, 0.25) is 0 Å². The van der Waals surface area contributed by atoms with Gasteiger partial charge in [0.25, 0.3) is 5.91 Å². The first kappa shape index (κ1) is 14.7. The Labute approximate surface area is 109 Å². The highest BCUT2D eigenvalue weighted by Crippen LogP contribution is 2.18. The summed E-state index contributed by atoms with van der Waals surface area (Å²) in [4.78, 5) is 14.3. The van der Waals surface area contributed by atoms with Crippen LogP contribution in [0.25, 0.3) is 0 Å². The Kier molecular flexibility index (Phi) is 5.35. The number of rotatable bonds is 5.